The van der Waals surface area contributed by atoms with Crippen molar-refractivity contribution in [3.8, 4) is 0 Å². The van der Waals surface area contributed by atoms with E-state index in [1.807, 2.05) is 72.5 Å². The van der Waals surface area contributed by atoms with E-state index < -0.39 is 0 Å². The second kappa shape index (κ2) is 10.2. The van der Waals surface area contributed by atoms with Gasteiger partial charge in [-0.1, -0.05) is 55.5 Å². The third-order valence-corrected chi connectivity index (χ3v) is 5.29. The molecule has 2 aromatic carbocycles. The number of nitrogens with two attached hydrogens (primary N) is 1. The molecule has 6 heteroatoms. The van der Waals surface area contributed by atoms with E-state index in [4.69, 9.17) is 5.73 Å². The average Bonchev–Trinajstić information content (AvgIpc) is 2.74. The third kappa shape index (κ3) is 5.33. The first-order chi connectivity index (χ1) is 13.1. The van der Waals surface area contributed by atoms with Gasteiger partial charge in [-0.2, -0.15) is 0 Å². The van der Waals surface area contributed by atoms with Gasteiger partial charge in [0.2, 0.25) is 5.91 Å². The predicted octanol–water partition coefficient (Wildman–Crippen LogP) is 3.17. The van der Waals surface area contributed by atoms with Gasteiger partial charge in [0.25, 0.3) is 5.91 Å². The molecule has 1 aliphatic heterocycles. The van der Waals surface area contributed by atoms with Crippen LogP contribution < -0.4 is 11.1 Å². The molecular weight excluding hydrogens is 374 g/mol. The Hall–Kier alpha value is -2.37. The summed E-state index contributed by atoms with van der Waals surface area (Å²) in [6, 6.07) is 18.8. The number of halogens is 1. The highest BCUT2D eigenvalue weighted by atomic mass is 35.5. The minimum atomic E-state index is -0.328. The average molecular weight is 402 g/mol. The van der Waals surface area contributed by atoms with Gasteiger partial charge in [0.05, 0.1) is 5.92 Å². The van der Waals surface area contributed by atoms with Gasteiger partial charge in [-0.05, 0) is 30.5 Å². The summed E-state index contributed by atoms with van der Waals surface area (Å²) in [5, 5.41) is 3.11. The molecule has 1 fully saturated rings. The molecule has 28 heavy (non-hydrogen) atoms. The minimum Gasteiger partial charge on any atom is -0.353 e. The number of rotatable bonds is 5. The summed E-state index contributed by atoms with van der Waals surface area (Å²) in [7, 11) is 0. The Kier molecular flexibility index (Phi) is 8.03. The summed E-state index contributed by atoms with van der Waals surface area (Å²) in [5.41, 5.74) is 7.93. The highest BCUT2D eigenvalue weighted by Gasteiger charge is 2.28. The van der Waals surface area contributed by atoms with Crippen molar-refractivity contribution in [1.29, 1.82) is 0 Å². The topological polar surface area (TPSA) is 75.4 Å². The van der Waals surface area contributed by atoms with Crippen LogP contribution in [0.25, 0.3) is 0 Å². The zero-order chi connectivity index (χ0) is 19.2. The first kappa shape index (κ1) is 21.9. The summed E-state index contributed by atoms with van der Waals surface area (Å²) in [5.74, 6) is -0.282. The quantitative estimate of drug-likeness (QED) is 0.807. The second-order valence-corrected chi connectivity index (χ2v) is 7.17. The number of hydrogen-bond acceptors (Lipinski definition) is 3. The Morgan fingerprint density at radius 2 is 1.54 bits per heavy atom. The van der Waals surface area contributed by atoms with E-state index in [9.17, 15) is 9.59 Å². The lowest BCUT2D eigenvalue weighted by molar-refractivity contribution is -0.126. The van der Waals surface area contributed by atoms with Crippen LogP contribution >= 0.6 is 12.4 Å². The van der Waals surface area contributed by atoms with Crippen molar-refractivity contribution >= 4 is 24.2 Å². The van der Waals surface area contributed by atoms with E-state index in [1.54, 1.807) is 0 Å². The van der Waals surface area contributed by atoms with Crippen LogP contribution in [-0.2, 0) is 4.79 Å². The standard InChI is InChI=1S/C22H27N3O2.ClH/c1-16(20(23)17-8-4-2-5-9-17)21(26)24-19-12-14-25(15-13-19)22(27)18-10-6-3-7-11-18;/h2-11,16,19-20H,12-15,23H2,1H3,(H,24,26);1H. The molecule has 0 radical (unpaired) electrons. The van der Waals surface area contributed by atoms with Gasteiger partial charge in [-0.15, -0.1) is 12.4 Å². The number of nitrogens with one attached hydrogen (secondary N) is 1. The molecule has 2 unspecified atom stereocenters. The molecule has 1 saturated heterocycles. The lowest BCUT2D eigenvalue weighted by Crippen LogP contribution is -2.48. The van der Waals surface area contributed by atoms with Gasteiger partial charge >= 0.3 is 0 Å². The number of nitrogens with zero attached hydrogens (tertiary/aromatic N) is 1. The summed E-state index contributed by atoms with van der Waals surface area (Å²) in [6.45, 7) is 3.16. The van der Waals surface area contributed by atoms with Gasteiger partial charge in [0.1, 0.15) is 0 Å². The van der Waals surface area contributed by atoms with E-state index >= 15 is 0 Å². The Balaban J connectivity index is 0.00000280. The summed E-state index contributed by atoms with van der Waals surface area (Å²) in [6.07, 6.45) is 1.52. The maximum absolute atomic E-state index is 12.6. The molecule has 0 aromatic heterocycles. The highest BCUT2D eigenvalue weighted by Crippen LogP contribution is 2.20. The fourth-order valence-electron chi connectivity index (χ4n) is 3.45. The minimum absolute atomic E-state index is 0. The number of piperidine rings is 1. The zero-order valence-electron chi connectivity index (χ0n) is 16.1. The fraction of sp³-hybridized carbons (Fsp3) is 0.364. The number of carbonyl (C=O) groups is 2. The van der Waals surface area contributed by atoms with E-state index in [1.165, 1.54) is 0 Å². The lowest BCUT2D eigenvalue weighted by atomic mass is 9.94. The summed E-state index contributed by atoms with van der Waals surface area (Å²) < 4.78 is 0. The highest BCUT2D eigenvalue weighted by molar-refractivity contribution is 5.94. The van der Waals surface area contributed by atoms with Crippen molar-refractivity contribution in [2.45, 2.75) is 31.8 Å². The van der Waals surface area contributed by atoms with Crippen LogP contribution in [0, 0.1) is 5.92 Å². The van der Waals surface area contributed by atoms with Crippen LogP contribution in [0.4, 0.5) is 0 Å². The zero-order valence-corrected chi connectivity index (χ0v) is 16.9. The molecule has 3 rings (SSSR count). The van der Waals surface area contributed by atoms with E-state index in [-0.39, 0.29) is 42.2 Å². The molecule has 2 aromatic rings. The molecule has 1 aliphatic rings. The normalized spacial score (nSPS) is 16.6. The molecule has 0 bridgehead atoms. The molecule has 150 valence electrons. The van der Waals surface area contributed by atoms with E-state index in [0.29, 0.717) is 18.7 Å². The van der Waals surface area contributed by atoms with Crippen molar-refractivity contribution < 1.29 is 9.59 Å². The van der Waals surface area contributed by atoms with Crippen LogP contribution in [-0.4, -0.2) is 35.8 Å². The van der Waals surface area contributed by atoms with Crippen molar-refractivity contribution in [2.75, 3.05) is 13.1 Å². The Bertz CT molecular complexity index is 762. The maximum Gasteiger partial charge on any atom is 0.253 e. The molecule has 0 saturated carbocycles. The van der Waals surface area contributed by atoms with Crippen LogP contribution in [0.1, 0.15) is 41.7 Å². The van der Waals surface area contributed by atoms with Gasteiger partial charge in [0.15, 0.2) is 0 Å². The smallest absolute Gasteiger partial charge is 0.253 e. The lowest BCUT2D eigenvalue weighted by Gasteiger charge is -2.33. The number of likely N-dealkylation sites (tertiary alicyclic amines) is 1. The SMILES string of the molecule is CC(C(=O)NC1CCN(C(=O)c2ccccc2)CC1)C(N)c1ccccc1.Cl. The van der Waals surface area contributed by atoms with Crippen LogP contribution in [0.5, 0.6) is 0 Å². The number of hydrogen-bond donors (Lipinski definition) is 2. The largest absolute Gasteiger partial charge is 0.353 e. The van der Waals surface area contributed by atoms with Gasteiger partial charge in [-0.25, -0.2) is 0 Å². The molecule has 5 nitrogen and oxygen atoms in total. The van der Waals surface area contributed by atoms with Crippen molar-refractivity contribution in [2.24, 2.45) is 11.7 Å². The van der Waals surface area contributed by atoms with Crippen LogP contribution in [0.3, 0.4) is 0 Å². The molecule has 3 N–H and O–H groups in total. The Morgan fingerprint density at radius 1 is 1.00 bits per heavy atom. The van der Waals surface area contributed by atoms with E-state index in [0.717, 1.165) is 18.4 Å². The summed E-state index contributed by atoms with van der Waals surface area (Å²) >= 11 is 0. The van der Waals surface area contributed by atoms with Gasteiger partial charge < -0.3 is 16.0 Å². The van der Waals surface area contributed by atoms with Crippen LogP contribution in [0.15, 0.2) is 60.7 Å². The molecule has 1 heterocycles. The first-order valence-corrected chi connectivity index (χ1v) is 9.51. The maximum atomic E-state index is 12.6. The van der Waals surface area contributed by atoms with Crippen LogP contribution in [0.2, 0.25) is 0 Å². The molecular formula is C22H28ClN3O2. The Labute approximate surface area is 172 Å². The second-order valence-electron chi connectivity index (χ2n) is 7.17. The number of carbonyl (C=O) groups excluding carboxylic acids is 2. The molecule has 2 atom stereocenters. The summed E-state index contributed by atoms with van der Waals surface area (Å²) in [4.78, 5) is 27.0. The van der Waals surface area contributed by atoms with Crippen molar-refractivity contribution in [1.82, 2.24) is 10.2 Å². The van der Waals surface area contributed by atoms with E-state index in [2.05, 4.69) is 5.32 Å². The molecule has 2 amide bonds. The fourth-order valence-corrected chi connectivity index (χ4v) is 3.45. The van der Waals surface area contributed by atoms with Gasteiger partial charge in [0, 0.05) is 30.7 Å². The number of amides is 2. The monoisotopic (exact) mass is 401 g/mol. The van der Waals surface area contributed by atoms with Gasteiger partial charge in [-0.3, -0.25) is 9.59 Å². The van der Waals surface area contributed by atoms with Crippen molar-refractivity contribution in [3.63, 3.8) is 0 Å². The Morgan fingerprint density at radius 3 is 2.11 bits per heavy atom. The molecule has 0 aliphatic carbocycles. The first-order valence-electron chi connectivity index (χ1n) is 9.51. The predicted molar refractivity (Wildman–Crippen MR) is 113 cm³/mol. The molecule has 0 spiro atoms. The van der Waals surface area contributed by atoms with Crippen molar-refractivity contribution in [3.05, 3.63) is 71.8 Å². The number of benzene rings is 2. The third-order valence-electron chi connectivity index (χ3n) is 5.29.